The number of carbonyl (C=O) groups excluding carboxylic acids is 2. The molecule has 0 fully saturated rings. The average molecular weight is 379 g/mol. The number of allylic oxidation sites excluding steroid dienone is 1. The summed E-state index contributed by atoms with van der Waals surface area (Å²) >= 11 is 0. The number of hydrogen-bond donors (Lipinski definition) is 0. The summed E-state index contributed by atoms with van der Waals surface area (Å²) in [7, 11) is 0. The Bertz CT molecular complexity index is 507. The van der Waals surface area contributed by atoms with Gasteiger partial charge >= 0.3 is 0 Å². The van der Waals surface area contributed by atoms with Gasteiger partial charge in [-0.15, -0.1) is 0 Å². The minimum atomic E-state index is -0.261. The maximum absolute atomic E-state index is 11.6. The van der Waals surface area contributed by atoms with Crippen molar-refractivity contribution in [1.29, 1.82) is 0 Å². The maximum atomic E-state index is 11.6. The third-order valence-corrected chi connectivity index (χ3v) is 6.72. The SMILES string of the molecule is C=C(C)C(CC(C)(C)C(C)(CC)CC(C)(C)CC(C)(C)C)C(C=O)CC=O. The normalized spacial score (nSPS) is 17.7. The van der Waals surface area contributed by atoms with Crippen LogP contribution < -0.4 is 0 Å². The summed E-state index contributed by atoms with van der Waals surface area (Å²) in [5.74, 6) is -0.206. The van der Waals surface area contributed by atoms with E-state index in [1.54, 1.807) is 0 Å². The zero-order valence-electron chi connectivity index (χ0n) is 19.9. The van der Waals surface area contributed by atoms with Crippen molar-refractivity contribution < 1.29 is 9.59 Å². The second-order valence-electron chi connectivity index (χ2n) is 11.7. The molecule has 0 aromatic heterocycles. The molecule has 0 aliphatic carbocycles. The quantitative estimate of drug-likeness (QED) is 0.264. The molecule has 0 amide bonds. The molecule has 2 heteroatoms. The standard InChI is InChI=1S/C25H46O2/c1-12-25(11,18-23(7,8)17-22(4,5)6)24(9,10)15-21(19(2)3)20(16-27)13-14-26/h14,16,20-21H,2,12-13,15,17-18H2,1,3-11H3. The maximum Gasteiger partial charge on any atom is 0.124 e. The summed E-state index contributed by atoms with van der Waals surface area (Å²) in [6.45, 7) is 27.2. The Hall–Kier alpha value is -0.920. The van der Waals surface area contributed by atoms with Crippen molar-refractivity contribution in [3.63, 3.8) is 0 Å². The first-order valence-corrected chi connectivity index (χ1v) is 10.6. The first-order chi connectivity index (χ1) is 12.0. The van der Waals surface area contributed by atoms with E-state index in [4.69, 9.17) is 0 Å². The first-order valence-electron chi connectivity index (χ1n) is 10.6. The van der Waals surface area contributed by atoms with Crippen LogP contribution in [0.25, 0.3) is 0 Å². The van der Waals surface area contributed by atoms with Gasteiger partial charge in [0.15, 0.2) is 0 Å². The molecule has 0 rings (SSSR count). The predicted octanol–water partition coefficient (Wildman–Crippen LogP) is 7.27. The Morgan fingerprint density at radius 2 is 1.48 bits per heavy atom. The van der Waals surface area contributed by atoms with Gasteiger partial charge in [-0.25, -0.2) is 0 Å². The fourth-order valence-corrected chi connectivity index (χ4v) is 5.31. The van der Waals surface area contributed by atoms with Gasteiger partial charge in [-0.05, 0) is 53.8 Å². The van der Waals surface area contributed by atoms with Gasteiger partial charge in [-0.3, -0.25) is 0 Å². The summed E-state index contributed by atoms with van der Waals surface area (Å²) in [6, 6.07) is 0. The molecule has 0 saturated carbocycles. The fraction of sp³-hybridized carbons (Fsp3) is 0.840. The van der Waals surface area contributed by atoms with Crippen LogP contribution in [0.15, 0.2) is 12.2 Å². The predicted molar refractivity (Wildman–Crippen MR) is 118 cm³/mol. The summed E-state index contributed by atoms with van der Waals surface area (Å²) < 4.78 is 0. The molecular weight excluding hydrogens is 332 g/mol. The van der Waals surface area contributed by atoms with Gasteiger partial charge < -0.3 is 9.59 Å². The molecule has 0 heterocycles. The molecule has 27 heavy (non-hydrogen) atoms. The third-order valence-electron chi connectivity index (χ3n) is 6.72. The van der Waals surface area contributed by atoms with Crippen LogP contribution in [0.2, 0.25) is 0 Å². The Morgan fingerprint density at radius 1 is 0.963 bits per heavy atom. The lowest BCUT2D eigenvalue weighted by molar-refractivity contribution is -0.117. The summed E-state index contributed by atoms with van der Waals surface area (Å²) in [5, 5.41) is 0. The van der Waals surface area contributed by atoms with Crippen LogP contribution in [-0.2, 0) is 9.59 Å². The first kappa shape index (κ1) is 26.1. The molecule has 0 aromatic carbocycles. The zero-order valence-corrected chi connectivity index (χ0v) is 19.9. The van der Waals surface area contributed by atoms with Crippen molar-refractivity contribution in [3.8, 4) is 0 Å². The zero-order chi connectivity index (χ0) is 21.7. The summed E-state index contributed by atoms with van der Waals surface area (Å²) in [5.41, 5.74) is 1.73. The van der Waals surface area contributed by atoms with Gasteiger partial charge in [0.25, 0.3) is 0 Å². The Morgan fingerprint density at radius 3 is 1.81 bits per heavy atom. The number of rotatable bonds is 12. The highest BCUT2D eigenvalue weighted by Gasteiger charge is 2.45. The molecule has 158 valence electrons. The second-order valence-corrected chi connectivity index (χ2v) is 11.7. The van der Waals surface area contributed by atoms with Gasteiger partial charge in [-0.1, -0.05) is 80.9 Å². The molecule has 0 N–H and O–H groups in total. The van der Waals surface area contributed by atoms with Crippen LogP contribution in [-0.4, -0.2) is 12.6 Å². The van der Waals surface area contributed by atoms with Crippen LogP contribution in [0.4, 0.5) is 0 Å². The van der Waals surface area contributed by atoms with Gasteiger partial charge in [0.05, 0.1) is 0 Å². The molecular formula is C25H46O2. The summed E-state index contributed by atoms with van der Waals surface area (Å²) in [4.78, 5) is 22.7. The number of aldehydes is 2. The van der Waals surface area contributed by atoms with E-state index in [-0.39, 0.29) is 34.5 Å². The van der Waals surface area contributed by atoms with Crippen LogP contribution >= 0.6 is 0 Å². The molecule has 3 atom stereocenters. The highest BCUT2D eigenvalue weighted by Crippen LogP contribution is 2.55. The van der Waals surface area contributed by atoms with Gasteiger partial charge in [0, 0.05) is 12.3 Å². The van der Waals surface area contributed by atoms with Crippen LogP contribution in [0.5, 0.6) is 0 Å². The van der Waals surface area contributed by atoms with E-state index in [2.05, 4.69) is 68.9 Å². The lowest BCUT2D eigenvalue weighted by atomic mass is 9.54. The number of hydrogen-bond acceptors (Lipinski definition) is 2. The van der Waals surface area contributed by atoms with E-state index in [0.29, 0.717) is 5.41 Å². The van der Waals surface area contributed by atoms with Crippen molar-refractivity contribution >= 4 is 12.6 Å². The molecule has 0 saturated heterocycles. The van der Waals surface area contributed by atoms with Crippen molar-refractivity contribution in [3.05, 3.63) is 12.2 Å². The summed E-state index contributed by atoms with van der Waals surface area (Å²) in [6.07, 6.45) is 6.41. The van der Waals surface area contributed by atoms with Crippen molar-refractivity contribution in [1.82, 2.24) is 0 Å². The Labute approximate surface area is 169 Å². The van der Waals surface area contributed by atoms with E-state index in [0.717, 1.165) is 37.4 Å². The largest absolute Gasteiger partial charge is 0.303 e. The van der Waals surface area contributed by atoms with Gasteiger partial charge in [0.1, 0.15) is 12.6 Å². The monoisotopic (exact) mass is 378 g/mol. The van der Waals surface area contributed by atoms with Crippen molar-refractivity contribution in [2.75, 3.05) is 0 Å². The lowest BCUT2D eigenvalue weighted by Crippen LogP contribution is -2.41. The molecule has 3 unspecified atom stereocenters. The number of carbonyl (C=O) groups is 2. The third kappa shape index (κ3) is 7.92. The van der Waals surface area contributed by atoms with Crippen LogP contribution in [0, 0.1) is 33.5 Å². The molecule has 0 radical (unpaired) electrons. The molecule has 0 aliphatic rings. The minimum Gasteiger partial charge on any atom is -0.303 e. The highest BCUT2D eigenvalue weighted by molar-refractivity contribution is 5.63. The molecule has 2 nitrogen and oxygen atoms in total. The Balaban J connectivity index is 5.70. The van der Waals surface area contributed by atoms with Crippen LogP contribution in [0.1, 0.15) is 101 Å². The van der Waals surface area contributed by atoms with Gasteiger partial charge in [0.2, 0.25) is 0 Å². The molecule has 0 aliphatic heterocycles. The fourth-order valence-electron chi connectivity index (χ4n) is 5.31. The molecule has 0 aromatic rings. The average Bonchev–Trinajstić information content (AvgIpc) is 2.47. The van der Waals surface area contributed by atoms with E-state index in [1.807, 2.05) is 6.92 Å². The van der Waals surface area contributed by atoms with E-state index in [1.165, 1.54) is 6.42 Å². The lowest BCUT2D eigenvalue weighted by Gasteiger charge is -2.51. The van der Waals surface area contributed by atoms with E-state index < -0.39 is 0 Å². The smallest absolute Gasteiger partial charge is 0.124 e. The van der Waals surface area contributed by atoms with Crippen molar-refractivity contribution in [2.24, 2.45) is 33.5 Å². The van der Waals surface area contributed by atoms with Gasteiger partial charge in [-0.2, -0.15) is 0 Å². The van der Waals surface area contributed by atoms with Crippen molar-refractivity contribution in [2.45, 2.75) is 101 Å². The minimum absolute atomic E-state index is 0.0324. The van der Waals surface area contributed by atoms with E-state index >= 15 is 0 Å². The topological polar surface area (TPSA) is 34.1 Å². The van der Waals surface area contributed by atoms with E-state index in [9.17, 15) is 9.59 Å². The molecule has 0 bridgehead atoms. The highest BCUT2D eigenvalue weighted by atomic mass is 16.1. The molecule has 0 spiro atoms. The second kappa shape index (κ2) is 9.52. The Kier molecular flexibility index (Phi) is 9.20. The van der Waals surface area contributed by atoms with Crippen LogP contribution in [0.3, 0.4) is 0 Å².